The average molecular weight is 470 g/mol. The second kappa shape index (κ2) is 10.8. The summed E-state index contributed by atoms with van der Waals surface area (Å²) in [5, 5.41) is 9.48. The Morgan fingerprint density at radius 3 is 2.47 bits per heavy atom. The van der Waals surface area contributed by atoms with Gasteiger partial charge in [-0.25, -0.2) is 4.39 Å². The van der Waals surface area contributed by atoms with Gasteiger partial charge in [-0.3, -0.25) is 9.78 Å². The number of ether oxygens (including phenoxy) is 1. The lowest BCUT2D eigenvalue weighted by Crippen LogP contribution is -2.41. The fraction of sp³-hybridized carbons (Fsp3) is 0.556. The molecule has 34 heavy (non-hydrogen) atoms. The van der Waals surface area contributed by atoms with E-state index in [1.165, 1.54) is 0 Å². The molecule has 0 aliphatic carbocycles. The molecule has 2 fully saturated rings. The topological polar surface area (TPSA) is 65.9 Å². The number of halogens is 1. The van der Waals surface area contributed by atoms with Gasteiger partial charge in [0.15, 0.2) is 0 Å². The van der Waals surface area contributed by atoms with Crippen LogP contribution in [0.2, 0.25) is 0 Å². The molecular formula is C27H36FN3O3. The largest absolute Gasteiger partial charge is 0.492 e. The quantitative estimate of drug-likeness (QED) is 0.628. The standard InChI is InChI=1S/C27H36FN3O3/c1-27(2,28)19-30-14-11-20(12-15-30)18-34-24-9-10-25(29-16-24)21-5-7-22(8-6-21)26(33)31-13-3-4-23(31)17-32/h5-10,16,20,23,32H,3-4,11-15,17-19H2,1-2H3/t23-/m0/s1. The summed E-state index contributed by atoms with van der Waals surface area (Å²) in [6.07, 6.45) is 5.57. The Morgan fingerprint density at radius 2 is 1.85 bits per heavy atom. The van der Waals surface area contributed by atoms with Gasteiger partial charge in [0, 0.05) is 24.2 Å². The number of nitrogens with zero attached hydrogens (tertiary/aromatic N) is 3. The van der Waals surface area contributed by atoms with E-state index in [9.17, 15) is 14.3 Å². The molecule has 3 heterocycles. The van der Waals surface area contributed by atoms with Crippen LogP contribution in [0, 0.1) is 5.92 Å². The minimum absolute atomic E-state index is 0.0127. The molecule has 0 radical (unpaired) electrons. The summed E-state index contributed by atoms with van der Waals surface area (Å²) in [7, 11) is 0. The van der Waals surface area contributed by atoms with Crippen LogP contribution < -0.4 is 4.74 Å². The van der Waals surface area contributed by atoms with Gasteiger partial charge in [0.05, 0.1) is 31.1 Å². The van der Waals surface area contributed by atoms with Crippen molar-refractivity contribution in [2.45, 2.75) is 51.2 Å². The predicted octanol–water partition coefficient (Wildman–Crippen LogP) is 4.18. The lowest BCUT2D eigenvalue weighted by molar-refractivity contribution is 0.0677. The third-order valence-electron chi connectivity index (χ3n) is 6.81. The number of hydrogen-bond donors (Lipinski definition) is 1. The highest BCUT2D eigenvalue weighted by Crippen LogP contribution is 2.25. The minimum atomic E-state index is -1.15. The molecular weight excluding hydrogens is 433 g/mol. The maximum atomic E-state index is 13.8. The van der Waals surface area contributed by atoms with Crippen LogP contribution in [0.4, 0.5) is 4.39 Å². The van der Waals surface area contributed by atoms with E-state index in [0.29, 0.717) is 31.2 Å². The van der Waals surface area contributed by atoms with Crippen LogP contribution >= 0.6 is 0 Å². The van der Waals surface area contributed by atoms with Crippen molar-refractivity contribution < 1.29 is 19.0 Å². The van der Waals surface area contributed by atoms with Crippen molar-refractivity contribution in [1.29, 1.82) is 0 Å². The van der Waals surface area contributed by atoms with Crippen molar-refractivity contribution in [3.8, 4) is 17.0 Å². The van der Waals surface area contributed by atoms with Crippen LogP contribution in [-0.2, 0) is 0 Å². The number of pyridine rings is 1. The molecule has 2 saturated heterocycles. The molecule has 0 unspecified atom stereocenters. The lowest BCUT2D eigenvalue weighted by atomic mass is 9.97. The Morgan fingerprint density at radius 1 is 1.12 bits per heavy atom. The Labute approximate surface area is 201 Å². The van der Waals surface area contributed by atoms with E-state index in [1.807, 2.05) is 36.4 Å². The SMILES string of the molecule is CC(C)(F)CN1CCC(COc2ccc(-c3ccc(C(=O)N4CCC[C@H]4CO)cc3)nc2)CC1. The zero-order chi connectivity index (χ0) is 24.1. The molecule has 0 bridgehead atoms. The number of alkyl halides is 1. The van der Waals surface area contributed by atoms with Crippen molar-refractivity contribution in [3.63, 3.8) is 0 Å². The van der Waals surface area contributed by atoms with Gasteiger partial charge >= 0.3 is 0 Å². The van der Waals surface area contributed by atoms with Crippen molar-refractivity contribution in [3.05, 3.63) is 48.2 Å². The van der Waals surface area contributed by atoms with Gasteiger partial charge in [0.1, 0.15) is 11.4 Å². The van der Waals surface area contributed by atoms with Crippen LogP contribution in [0.3, 0.4) is 0 Å². The fourth-order valence-corrected chi connectivity index (χ4v) is 4.94. The van der Waals surface area contributed by atoms with Crippen molar-refractivity contribution >= 4 is 5.91 Å². The van der Waals surface area contributed by atoms with Gasteiger partial charge in [-0.15, -0.1) is 0 Å². The maximum absolute atomic E-state index is 13.8. The summed E-state index contributed by atoms with van der Waals surface area (Å²) in [5.41, 5.74) is 1.24. The normalized spacial score (nSPS) is 20.0. The van der Waals surface area contributed by atoms with Gasteiger partial charge in [-0.2, -0.15) is 0 Å². The van der Waals surface area contributed by atoms with Crippen LogP contribution in [0.5, 0.6) is 5.75 Å². The number of amides is 1. The number of likely N-dealkylation sites (tertiary alicyclic amines) is 2. The third kappa shape index (κ3) is 6.33. The molecule has 0 spiro atoms. The number of carbonyl (C=O) groups excluding carboxylic acids is 1. The van der Waals surface area contributed by atoms with Crippen LogP contribution in [0.25, 0.3) is 11.3 Å². The van der Waals surface area contributed by atoms with Crippen LogP contribution in [-0.4, -0.2) is 76.9 Å². The molecule has 184 valence electrons. The van der Waals surface area contributed by atoms with Gasteiger partial charge in [-0.05, 0) is 82.8 Å². The molecule has 2 aliphatic rings. The highest BCUT2D eigenvalue weighted by Gasteiger charge is 2.29. The molecule has 2 aromatic rings. The number of carbonyl (C=O) groups is 1. The van der Waals surface area contributed by atoms with Gasteiger partial charge in [0.2, 0.25) is 0 Å². The Bertz CT molecular complexity index is 935. The number of aliphatic hydroxyl groups is 1. The van der Waals surface area contributed by atoms with Gasteiger partial charge in [0.25, 0.3) is 5.91 Å². The second-order valence-corrected chi connectivity index (χ2v) is 10.2. The Kier molecular flexibility index (Phi) is 7.84. The smallest absolute Gasteiger partial charge is 0.254 e. The number of hydrogen-bond acceptors (Lipinski definition) is 5. The van der Waals surface area contributed by atoms with Crippen molar-refractivity contribution in [2.75, 3.05) is 39.4 Å². The molecule has 1 atom stereocenters. The first kappa shape index (κ1) is 24.6. The second-order valence-electron chi connectivity index (χ2n) is 10.2. The van der Waals surface area contributed by atoms with E-state index in [1.54, 1.807) is 24.9 Å². The molecule has 1 amide bonds. The highest BCUT2D eigenvalue weighted by atomic mass is 19.1. The number of benzene rings is 1. The summed E-state index contributed by atoms with van der Waals surface area (Å²) >= 11 is 0. The first-order chi connectivity index (χ1) is 16.3. The highest BCUT2D eigenvalue weighted by molar-refractivity contribution is 5.95. The van der Waals surface area contributed by atoms with E-state index in [-0.39, 0.29) is 18.6 Å². The molecule has 4 rings (SSSR count). The van der Waals surface area contributed by atoms with Crippen LogP contribution in [0.1, 0.15) is 49.9 Å². The first-order valence-corrected chi connectivity index (χ1v) is 12.3. The Balaban J connectivity index is 1.27. The molecule has 6 nitrogen and oxygen atoms in total. The summed E-state index contributed by atoms with van der Waals surface area (Å²) in [5.74, 6) is 1.19. The zero-order valence-electron chi connectivity index (χ0n) is 20.3. The number of rotatable bonds is 8. The van der Waals surface area contributed by atoms with Gasteiger partial charge in [-0.1, -0.05) is 12.1 Å². The predicted molar refractivity (Wildman–Crippen MR) is 131 cm³/mol. The van der Waals surface area contributed by atoms with E-state index < -0.39 is 5.67 Å². The van der Waals surface area contributed by atoms with Crippen molar-refractivity contribution in [2.24, 2.45) is 5.92 Å². The minimum Gasteiger partial charge on any atom is -0.492 e. The summed E-state index contributed by atoms with van der Waals surface area (Å²) < 4.78 is 19.8. The molecule has 1 aromatic carbocycles. The van der Waals surface area contributed by atoms with Crippen molar-refractivity contribution in [1.82, 2.24) is 14.8 Å². The first-order valence-electron chi connectivity index (χ1n) is 12.3. The molecule has 1 aromatic heterocycles. The number of piperidine rings is 1. The van der Waals surface area contributed by atoms with Crippen LogP contribution in [0.15, 0.2) is 42.6 Å². The fourth-order valence-electron chi connectivity index (χ4n) is 4.94. The monoisotopic (exact) mass is 469 g/mol. The summed E-state index contributed by atoms with van der Waals surface area (Å²) in [6.45, 7) is 6.94. The third-order valence-corrected chi connectivity index (χ3v) is 6.81. The number of aliphatic hydroxyl groups excluding tert-OH is 1. The Hall–Kier alpha value is -2.51. The van der Waals surface area contributed by atoms with E-state index in [2.05, 4.69) is 9.88 Å². The van der Waals surface area contributed by atoms with E-state index in [0.717, 1.165) is 55.8 Å². The average Bonchev–Trinajstić information content (AvgIpc) is 3.32. The molecule has 7 heteroatoms. The zero-order valence-corrected chi connectivity index (χ0v) is 20.3. The van der Waals surface area contributed by atoms with E-state index in [4.69, 9.17) is 4.74 Å². The van der Waals surface area contributed by atoms with Gasteiger partial charge < -0.3 is 19.6 Å². The maximum Gasteiger partial charge on any atom is 0.254 e. The summed E-state index contributed by atoms with van der Waals surface area (Å²) in [6, 6.07) is 11.3. The lowest BCUT2D eigenvalue weighted by Gasteiger charge is -2.34. The summed E-state index contributed by atoms with van der Waals surface area (Å²) in [4.78, 5) is 21.3. The van der Waals surface area contributed by atoms with E-state index >= 15 is 0 Å². The molecule has 0 saturated carbocycles. The molecule has 2 aliphatic heterocycles. The number of aromatic nitrogens is 1. The molecule has 1 N–H and O–H groups in total.